The number of ether oxygens (including phenoxy) is 4. The van der Waals surface area contributed by atoms with Crippen LogP contribution < -0.4 is 0 Å². The van der Waals surface area contributed by atoms with E-state index < -0.39 is 97.5 Å². The topological polar surface area (TPSA) is 237 Å². The molecule has 504 valence electrons. The van der Waals surface area contributed by atoms with E-state index in [0.717, 1.165) is 96.3 Å². The average Bonchev–Trinajstić information content (AvgIpc) is 3.58. The van der Waals surface area contributed by atoms with Gasteiger partial charge in [-0.1, -0.05) is 291 Å². The minimum absolute atomic E-state index is 0.108. The van der Waals surface area contributed by atoms with Gasteiger partial charge < -0.3 is 33.8 Å². The van der Waals surface area contributed by atoms with Crippen molar-refractivity contribution in [2.45, 2.75) is 361 Å². The highest BCUT2D eigenvalue weighted by atomic mass is 31.2. The molecule has 3 N–H and O–H groups in total. The number of phosphoric ester groups is 2. The highest BCUT2D eigenvalue weighted by molar-refractivity contribution is 7.47. The third kappa shape index (κ3) is 60.7. The number of esters is 4. The molecule has 0 aliphatic rings. The molecule has 19 heteroatoms. The van der Waals surface area contributed by atoms with Crippen LogP contribution in [0.1, 0.15) is 342 Å². The lowest BCUT2D eigenvalue weighted by Gasteiger charge is -2.21. The molecule has 0 saturated carbocycles. The number of hydrogen-bond acceptors (Lipinski definition) is 15. The molecule has 0 heterocycles. The molecule has 17 nitrogen and oxygen atoms in total. The molecular formula is C66H128O17P2. The van der Waals surface area contributed by atoms with Crippen LogP contribution >= 0.6 is 15.6 Å². The Morgan fingerprint density at radius 3 is 0.694 bits per heavy atom. The van der Waals surface area contributed by atoms with E-state index in [2.05, 4.69) is 27.7 Å². The molecule has 2 unspecified atom stereocenters. The molecule has 0 amide bonds. The zero-order valence-corrected chi connectivity index (χ0v) is 56.4. The summed E-state index contributed by atoms with van der Waals surface area (Å²) in [4.78, 5) is 72.2. The molecule has 0 saturated heterocycles. The summed E-state index contributed by atoms with van der Waals surface area (Å²) in [5, 5.41) is 10.5. The fourth-order valence-corrected chi connectivity index (χ4v) is 11.6. The fraction of sp³-hybridized carbons (Fsp3) is 0.939. The largest absolute Gasteiger partial charge is 0.472 e. The number of aliphatic hydroxyl groups is 1. The van der Waals surface area contributed by atoms with Gasteiger partial charge in [-0.3, -0.25) is 37.3 Å². The first-order valence-corrected chi connectivity index (χ1v) is 37.8. The molecule has 0 rings (SSSR count). The van der Waals surface area contributed by atoms with Gasteiger partial charge in [0.05, 0.1) is 26.4 Å². The summed E-state index contributed by atoms with van der Waals surface area (Å²) in [6, 6.07) is 0. The standard InChI is InChI=1S/C66H128O17P2/c1-5-9-13-17-21-25-28-30-31-32-34-37-41-45-49-53-66(71)82-61(56-76-63(68)50-46-42-38-24-20-16-12-8-4)58-80-84(72,73)78-54-60(67)55-79-85(74,75)81-59-62(57-77-64(69)51-47-43-39-35-27-23-19-15-11-7-3)83-65(70)52-48-44-40-36-33-29-26-22-18-14-10-6-2/h60-62,67H,5-59H2,1-4H3,(H,72,73)(H,74,75)/t60-,61+,62+/m0/s1. The summed E-state index contributed by atoms with van der Waals surface area (Å²) < 4.78 is 68.0. The molecule has 0 aromatic carbocycles. The molecule has 0 aliphatic heterocycles. The summed E-state index contributed by atoms with van der Waals surface area (Å²) in [7, 11) is -9.88. The molecule has 0 spiro atoms. The van der Waals surface area contributed by atoms with Gasteiger partial charge in [-0.15, -0.1) is 0 Å². The van der Waals surface area contributed by atoms with Crippen LogP contribution in [-0.4, -0.2) is 96.7 Å². The second-order valence-electron chi connectivity index (χ2n) is 23.9. The van der Waals surface area contributed by atoms with E-state index in [-0.39, 0.29) is 25.7 Å². The normalized spacial score (nSPS) is 14.1. The van der Waals surface area contributed by atoms with Crippen LogP contribution in [0, 0.1) is 0 Å². The summed E-state index contributed by atoms with van der Waals surface area (Å²) in [5.74, 6) is -2.13. The first kappa shape index (κ1) is 83.1. The predicted octanol–water partition coefficient (Wildman–Crippen LogP) is 18.7. The highest BCUT2D eigenvalue weighted by Crippen LogP contribution is 2.45. The first-order valence-electron chi connectivity index (χ1n) is 34.8. The smallest absolute Gasteiger partial charge is 0.462 e. The fourth-order valence-electron chi connectivity index (χ4n) is 9.99. The summed E-state index contributed by atoms with van der Waals surface area (Å²) in [6.07, 6.45) is 47.1. The zero-order chi connectivity index (χ0) is 62.6. The van der Waals surface area contributed by atoms with Crippen LogP contribution in [0.2, 0.25) is 0 Å². The number of phosphoric acid groups is 2. The van der Waals surface area contributed by atoms with Crippen LogP contribution in [0.5, 0.6) is 0 Å². The van der Waals surface area contributed by atoms with E-state index in [1.54, 1.807) is 0 Å². The van der Waals surface area contributed by atoms with Crippen LogP contribution in [-0.2, 0) is 65.4 Å². The van der Waals surface area contributed by atoms with Crippen molar-refractivity contribution in [3.63, 3.8) is 0 Å². The van der Waals surface area contributed by atoms with Crippen LogP contribution in [0.25, 0.3) is 0 Å². The molecule has 0 radical (unpaired) electrons. The third-order valence-corrected chi connectivity index (χ3v) is 17.3. The number of rotatable bonds is 67. The van der Waals surface area contributed by atoms with Crippen LogP contribution in [0.4, 0.5) is 0 Å². The minimum Gasteiger partial charge on any atom is -0.462 e. The third-order valence-electron chi connectivity index (χ3n) is 15.4. The Morgan fingerprint density at radius 2 is 0.471 bits per heavy atom. The molecule has 0 aromatic heterocycles. The van der Waals surface area contributed by atoms with Gasteiger partial charge in [-0.2, -0.15) is 0 Å². The van der Waals surface area contributed by atoms with Gasteiger partial charge >= 0.3 is 39.5 Å². The second-order valence-corrected chi connectivity index (χ2v) is 26.8. The van der Waals surface area contributed by atoms with Crippen molar-refractivity contribution in [3.8, 4) is 0 Å². The van der Waals surface area contributed by atoms with Crippen molar-refractivity contribution >= 4 is 39.5 Å². The van der Waals surface area contributed by atoms with E-state index in [1.807, 2.05) is 0 Å². The summed E-state index contributed by atoms with van der Waals surface area (Å²) in [5.41, 5.74) is 0. The second kappa shape index (κ2) is 60.9. The van der Waals surface area contributed by atoms with Crippen molar-refractivity contribution < 1.29 is 80.2 Å². The predicted molar refractivity (Wildman–Crippen MR) is 340 cm³/mol. The maximum Gasteiger partial charge on any atom is 0.472 e. The average molecular weight is 1260 g/mol. The molecule has 0 aliphatic carbocycles. The maximum absolute atomic E-state index is 13.0. The van der Waals surface area contributed by atoms with Crippen molar-refractivity contribution in [1.82, 2.24) is 0 Å². The van der Waals surface area contributed by atoms with Gasteiger partial charge in [0.1, 0.15) is 19.3 Å². The minimum atomic E-state index is -4.94. The lowest BCUT2D eigenvalue weighted by Crippen LogP contribution is -2.30. The molecule has 85 heavy (non-hydrogen) atoms. The Hall–Kier alpha value is -1.94. The van der Waals surface area contributed by atoms with Crippen LogP contribution in [0.3, 0.4) is 0 Å². The Labute approximate surface area is 517 Å². The Bertz CT molecular complexity index is 1640. The first-order chi connectivity index (χ1) is 41.2. The number of aliphatic hydroxyl groups excluding tert-OH is 1. The maximum atomic E-state index is 13.0. The molecular weight excluding hydrogens is 1130 g/mol. The molecule has 0 aromatic rings. The quantitative estimate of drug-likeness (QED) is 0.0222. The van der Waals surface area contributed by atoms with Gasteiger partial charge in [0, 0.05) is 25.7 Å². The van der Waals surface area contributed by atoms with Gasteiger partial charge in [-0.05, 0) is 25.7 Å². The Morgan fingerprint density at radius 1 is 0.282 bits per heavy atom. The monoisotopic (exact) mass is 1250 g/mol. The summed E-state index contributed by atoms with van der Waals surface area (Å²) in [6.45, 7) is 4.89. The van der Waals surface area contributed by atoms with E-state index in [9.17, 15) is 43.2 Å². The highest BCUT2D eigenvalue weighted by Gasteiger charge is 2.30. The van der Waals surface area contributed by atoms with Crippen LogP contribution in [0.15, 0.2) is 0 Å². The van der Waals surface area contributed by atoms with Gasteiger partial charge in [-0.25, -0.2) is 9.13 Å². The molecule has 0 fully saturated rings. The van der Waals surface area contributed by atoms with Gasteiger partial charge in [0.25, 0.3) is 0 Å². The number of unbranched alkanes of at least 4 members (excludes halogenated alkanes) is 41. The van der Waals surface area contributed by atoms with Gasteiger partial charge in [0.2, 0.25) is 0 Å². The lowest BCUT2D eigenvalue weighted by atomic mass is 10.0. The van der Waals surface area contributed by atoms with Crippen molar-refractivity contribution in [3.05, 3.63) is 0 Å². The van der Waals surface area contributed by atoms with E-state index >= 15 is 0 Å². The Kier molecular flexibility index (Phi) is 59.6. The SMILES string of the molecule is CCCCCCCCCCCCCCCCCC(=O)O[C@H](COC(=O)CCCCCCCCCC)COP(=O)(O)OC[C@H](O)COP(=O)(O)OC[C@@H](COC(=O)CCCCCCCCCCCC)OC(=O)CCCCCCCCCCCCCC. The number of carbonyl (C=O) groups excluding carboxylic acids is 4. The zero-order valence-electron chi connectivity index (χ0n) is 54.6. The van der Waals surface area contributed by atoms with Crippen molar-refractivity contribution in [1.29, 1.82) is 0 Å². The number of carbonyl (C=O) groups is 4. The lowest BCUT2D eigenvalue weighted by molar-refractivity contribution is -0.161. The molecule has 0 bridgehead atoms. The van der Waals surface area contributed by atoms with Crippen molar-refractivity contribution in [2.24, 2.45) is 0 Å². The van der Waals surface area contributed by atoms with E-state index in [1.165, 1.54) is 167 Å². The summed E-state index contributed by atoms with van der Waals surface area (Å²) >= 11 is 0. The van der Waals surface area contributed by atoms with E-state index in [4.69, 9.17) is 37.0 Å². The Balaban J connectivity index is 5.20. The molecule has 5 atom stereocenters. The van der Waals surface area contributed by atoms with Gasteiger partial charge in [0.15, 0.2) is 12.2 Å². The van der Waals surface area contributed by atoms with Crippen molar-refractivity contribution in [2.75, 3.05) is 39.6 Å². The number of hydrogen-bond donors (Lipinski definition) is 3. The van der Waals surface area contributed by atoms with E-state index in [0.29, 0.717) is 25.7 Å².